The highest BCUT2D eigenvalue weighted by Gasteiger charge is 2.76. The lowest BCUT2D eigenvalue weighted by molar-refractivity contribution is -0.154. The molecule has 2 amide bonds. The molecule has 3 fully saturated rings. The van der Waals surface area contributed by atoms with Crippen LogP contribution in [0.15, 0.2) is 25.3 Å². The van der Waals surface area contributed by atoms with Gasteiger partial charge in [-0.3, -0.25) is 14.4 Å². The third kappa shape index (κ3) is 5.04. The van der Waals surface area contributed by atoms with Crippen molar-refractivity contribution in [2.75, 3.05) is 19.8 Å². The monoisotopic (exact) mass is 584 g/mol. The Morgan fingerprint density at radius 2 is 1.97 bits per heavy atom. The fourth-order valence-electron chi connectivity index (χ4n) is 6.10. The zero-order valence-electron chi connectivity index (χ0n) is 21.9. The van der Waals surface area contributed by atoms with Gasteiger partial charge in [0.25, 0.3) is 0 Å². The Labute approximate surface area is 228 Å². The predicted molar refractivity (Wildman–Crippen MR) is 147 cm³/mol. The molecule has 7 atom stereocenters. The van der Waals surface area contributed by atoms with Crippen molar-refractivity contribution in [2.45, 2.75) is 86.3 Å². The maximum Gasteiger partial charge on any atom is 0.310 e. The topological polar surface area (TPSA) is 87.2 Å². The van der Waals surface area contributed by atoms with Gasteiger partial charge in [-0.15, -0.1) is 24.9 Å². The summed E-state index contributed by atoms with van der Waals surface area (Å²) in [6.07, 6.45) is 6.63. The van der Waals surface area contributed by atoms with Gasteiger partial charge < -0.3 is 19.6 Å². The lowest BCUT2D eigenvalue weighted by Gasteiger charge is -2.41. The van der Waals surface area contributed by atoms with Gasteiger partial charge in [0.05, 0.1) is 35.8 Å². The summed E-state index contributed by atoms with van der Waals surface area (Å²) in [6, 6.07) is -1.38. The zero-order valence-corrected chi connectivity index (χ0v) is 24.3. The Hall–Kier alpha value is -1.32. The summed E-state index contributed by atoms with van der Waals surface area (Å²) in [7, 11) is 0. The highest BCUT2D eigenvalue weighted by atomic mass is 79.9. The second kappa shape index (κ2) is 12.0. The number of likely N-dealkylation sites (tertiary alicyclic amines) is 1. The van der Waals surface area contributed by atoms with E-state index in [9.17, 15) is 19.5 Å². The Kier molecular flexibility index (Phi) is 9.77. The minimum Gasteiger partial charge on any atom is -0.465 e. The van der Waals surface area contributed by atoms with Crippen molar-refractivity contribution in [1.29, 1.82) is 0 Å². The van der Waals surface area contributed by atoms with Crippen LogP contribution in [0.4, 0.5) is 0 Å². The normalized spacial score (nSPS) is 31.6. The lowest BCUT2D eigenvalue weighted by Crippen LogP contribution is -2.59. The van der Waals surface area contributed by atoms with Crippen molar-refractivity contribution in [3.63, 3.8) is 0 Å². The molecule has 3 unspecified atom stereocenters. The van der Waals surface area contributed by atoms with Crippen molar-refractivity contribution < 1.29 is 24.2 Å². The summed E-state index contributed by atoms with van der Waals surface area (Å²) in [5.74, 6) is -2.06. The van der Waals surface area contributed by atoms with Crippen LogP contribution in [0.1, 0.15) is 53.4 Å². The molecule has 3 aliphatic heterocycles. The number of carbonyl (C=O) groups is 3. The molecule has 9 heteroatoms. The quantitative estimate of drug-likeness (QED) is 0.153. The summed E-state index contributed by atoms with van der Waals surface area (Å²) in [5, 5.41) is 10.2. The second-order valence-electron chi connectivity index (χ2n) is 10.7. The molecule has 1 N–H and O–H groups in total. The smallest absolute Gasteiger partial charge is 0.310 e. The molecule has 0 aliphatic carbocycles. The summed E-state index contributed by atoms with van der Waals surface area (Å²) in [6.45, 7) is 15.7. The number of rotatable bonds is 13. The molecule has 0 aromatic heterocycles. The maximum absolute atomic E-state index is 14.2. The number of alkyl halides is 1. The Bertz CT molecular complexity index is 867. The van der Waals surface area contributed by atoms with Crippen molar-refractivity contribution in [3.05, 3.63) is 25.3 Å². The third-order valence-electron chi connectivity index (χ3n) is 7.83. The van der Waals surface area contributed by atoms with Gasteiger partial charge in [-0.2, -0.15) is 0 Å². The average molecular weight is 586 g/mol. The summed E-state index contributed by atoms with van der Waals surface area (Å²) >= 11 is 5.37. The highest BCUT2D eigenvalue weighted by Crippen LogP contribution is 2.68. The molecular weight excluding hydrogens is 544 g/mol. The first kappa shape index (κ1) is 29.2. The van der Waals surface area contributed by atoms with Crippen LogP contribution in [-0.4, -0.2) is 85.4 Å². The number of carbonyl (C=O) groups excluding carboxylic acids is 3. The van der Waals surface area contributed by atoms with E-state index in [1.54, 1.807) is 27.6 Å². The molecule has 3 heterocycles. The first-order chi connectivity index (χ1) is 17.1. The van der Waals surface area contributed by atoms with E-state index >= 15 is 0 Å². The number of nitrogens with zero attached hydrogens (tertiary/aromatic N) is 2. The van der Waals surface area contributed by atoms with Crippen LogP contribution in [0.5, 0.6) is 0 Å². The SMILES string of the molecule is C=CCCCCOC(=O)[C@H]1[C@@H]2SC3(CC2Br)C(C(=O)N(CC=C)C(C)C)N([C@@H](CO)C(C)C)C(=O)[C@H]13. The number of aliphatic hydroxyl groups is 1. The van der Waals surface area contributed by atoms with Crippen molar-refractivity contribution in [3.8, 4) is 0 Å². The van der Waals surface area contributed by atoms with E-state index in [0.29, 0.717) is 19.6 Å². The molecule has 7 nitrogen and oxygen atoms in total. The number of unbranched alkanes of at least 4 members (excludes halogenated alkanes) is 2. The largest absolute Gasteiger partial charge is 0.465 e. The van der Waals surface area contributed by atoms with E-state index in [0.717, 1.165) is 19.3 Å². The second-order valence-corrected chi connectivity index (χ2v) is 13.4. The molecule has 36 heavy (non-hydrogen) atoms. The van der Waals surface area contributed by atoms with Gasteiger partial charge in [0.15, 0.2) is 0 Å². The molecule has 3 rings (SSSR count). The van der Waals surface area contributed by atoms with Gasteiger partial charge in [0.1, 0.15) is 6.04 Å². The molecule has 0 radical (unpaired) electrons. The van der Waals surface area contributed by atoms with E-state index < -0.39 is 28.7 Å². The Morgan fingerprint density at radius 3 is 2.53 bits per heavy atom. The number of thioether (sulfide) groups is 1. The summed E-state index contributed by atoms with van der Waals surface area (Å²) in [5.41, 5.74) is 0. The predicted octanol–water partition coefficient (Wildman–Crippen LogP) is 3.79. The maximum atomic E-state index is 14.2. The van der Waals surface area contributed by atoms with E-state index in [-0.39, 0.29) is 46.4 Å². The minimum atomic E-state index is -0.766. The molecule has 0 saturated carbocycles. The van der Waals surface area contributed by atoms with Gasteiger partial charge in [0, 0.05) is 22.7 Å². The molecule has 202 valence electrons. The fourth-order valence-corrected chi connectivity index (χ4v) is 9.69. The van der Waals surface area contributed by atoms with Gasteiger partial charge in [0.2, 0.25) is 11.8 Å². The van der Waals surface area contributed by atoms with Crippen LogP contribution in [-0.2, 0) is 19.1 Å². The fraction of sp³-hybridized carbons (Fsp3) is 0.741. The van der Waals surface area contributed by atoms with Gasteiger partial charge in [-0.1, -0.05) is 41.9 Å². The molecule has 2 bridgehead atoms. The standard InChI is InChI=1S/C27H41BrN2O5S/c1-7-9-10-11-13-35-26(34)20-21-24(32)30(19(15-31)16(3)4)23(25(33)29(12-8-2)17(5)6)27(21)14-18(28)22(20)36-27/h7-8,16-23,31H,1-2,9-15H2,3-6H3/t18?,19-,20+,21-,22+,23?,27?/m0/s1. The van der Waals surface area contributed by atoms with Gasteiger partial charge in [-0.25, -0.2) is 0 Å². The number of hydrogen-bond acceptors (Lipinski definition) is 6. The van der Waals surface area contributed by atoms with Gasteiger partial charge in [-0.05, 0) is 45.4 Å². The molecule has 0 aromatic rings. The number of amides is 2. The third-order valence-corrected chi connectivity index (χ3v) is 11.0. The number of esters is 1. The van der Waals surface area contributed by atoms with Crippen LogP contribution in [0.2, 0.25) is 0 Å². The average Bonchev–Trinajstić information content (AvgIpc) is 3.41. The molecule has 3 aliphatic rings. The first-order valence-corrected chi connectivity index (χ1v) is 14.8. The van der Waals surface area contributed by atoms with E-state index in [1.807, 2.05) is 33.8 Å². The molecule has 0 aromatic carbocycles. The summed E-state index contributed by atoms with van der Waals surface area (Å²) < 4.78 is 4.93. The minimum absolute atomic E-state index is 0.0151. The molecular formula is C27H41BrN2O5S. The van der Waals surface area contributed by atoms with E-state index in [1.165, 1.54) is 0 Å². The Balaban J connectivity index is 2.01. The molecule has 1 spiro atoms. The van der Waals surface area contributed by atoms with Crippen molar-refractivity contribution in [1.82, 2.24) is 9.80 Å². The number of halogens is 1. The van der Waals surface area contributed by atoms with Crippen LogP contribution >= 0.6 is 27.7 Å². The van der Waals surface area contributed by atoms with Crippen LogP contribution in [0.3, 0.4) is 0 Å². The van der Waals surface area contributed by atoms with Crippen LogP contribution in [0.25, 0.3) is 0 Å². The number of allylic oxidation sites excluding steroid dienone is 1. The number of fused-ring (bicyclic) bond motifs is 1. The van der Waals surface area contributed by atoms with E-state index in [2.05, 4.69) is 29.1 Å². The zero-order chi connectivity index (χ0) is 26.8. The first-order valence-electron chi connectivity index (χ1n) is 13.0. The number of ether oxygens (including phenoxy) is 1. The van der Waals surface area contributed by atoms with Crippen molar-refractivity contribution in [2.24, 2.45) is 17.8 Å². The van der Waals surface area contributed by atoms with Crippen LogP contribution in [0, 0.1) is 17.8 Å². The Morgan fingerprint density at radius 1 is 1.28 bits per heavy atom. The van der Waals surface area contributed by atoms with Crippen LogP contribution < -0.4 is 0 Å². The number of hydrogen-bond donors (Lipinski definition) is 1. The molecule has 3 saturated heterocycles. The van der Waals surface area contributed by atoms with Crippen molar-refractivity contribution >= 4 is 45.5 Å². The van der Waals surface area contributed by atoms with Gasteiger partial charge >= 0.3 is 5.97 Å². The lowest BCUT2D eigenvalue weighted by atomic mass is 9.71. The number of aliphatic hydroxyl groups excluding tert-OH is 1. The highest BCUT2D eigenvalue weighted by molar-refractivity contribution is 9.09. The van der Waals surface area contributed by atoms with E-state index in [4.69, 9.17) is 4.74 Å². The summed E-state index contributed by atoms with van der Waals surface area (Å²) in [4.78, 5) is 45.1.